The number of nitrogens with two attached hydrogens (primary N) is 1. The maximum atomic E-state index is 12.7. The molecular formula is C20H21N3O3S2. The number of rotatable bonds is 6. The van der Waals surface area contributed by atoms with Crippen molar-refractivity contribution in [2.75, 3.05) is 7.05 Å². The van der Waals surface area contributed by atoms with Gasteiger partial charge in [-0.1, -0.05) is 42.5 Å². The minimum atomic E-state index is -3.73. The van der Waals surface area contributed by atoms with Crippen LogP contribution in [0.15, 0.2) is 64.9 Å². The third-order valence-corrected chi connectivity index (χ3v) is 6.44. The third-order valence-electron chi connectivity index (χ3n) is 4.57. The summed E-state index contributed by atoms with van der Waals surface area (Å²) < 4.78 is 22.7. The van der Waals surface area contributed by atoms with Gasteiger partial charge in [0.05, 0.1) is 23.1 Å². The Labute approximate surface area is 168 Å². The first-order valence-corrected chi connectivity index (χ1v) is 11.1. The fourth-order valence-electron chi connectivity index (χ4n) is 2.76. The van der Waals surface area contributed by atoms with Crippen molar-refractivity contribution >= 4 is 27.3 Å². The van der Waals surface area contributed by atoms with Gasteiger partial charge in [0.15, 0.2) is 0 Å². The Bertz CT molecular complexity index is 1060. The average molecular weight is 416 g/mol. The first-order chi connectivity index (χ1) is 13.3. The highest BCUT2D eigenvalue weighted by molar-refractivity contribution is 7.89. The first-order valence-electron chi connectivity index (χ1n) is 8.64. The molecule has 146 valence electrons. The van der Waals surface area contributed by atoms with Gasteiger partial charge in [-0.25, -0.2) is 18.5 Å². The van der Waals surface area contributed by atoms with Crippen molar-refractivity contribution in [2.24, 2.45) is 5.14 Å². The predicted molar refractivity (Wildman–Crippen MR) is 110 cm³/mol. The molecule has 2 N–H and O–H groups in total. The maximum absolute atomic E-state index is 12.7. The van der Waals surface area contributed by atoms with E-state index in [2.05, 4.69) is 4.98 Å². The van der Waals surface area contributed by atoms with Gasteiger partial charge in [-0.05, 0) is 24.6 Å². The fraction of sp³-hybridized carbons (Fsp3) is 0.200. The van der Waals surface area contributed by atoms with Crippen LogP contribution in [0.1, 0.15) is 24.2 Å². The van der Waals surface area contributed by atoms with Gasteiger partial charge in [0.25, 0.3) is 0 Å². The molecule has 0 aliphatic rings. The van der Waals surface area contributed by atoms with Crippen LogP contribution in [0.5, 0.6) is 0 Å². The molecule has 0 spiro atoms. The molecule has 6 nitrogen and oxygen atoms in total. The van der Waals surface area contributed by atoms with E-state index in [1.165, 1.54) is 23.5 Å². The second-order valence-electron chi connectivity index (χ2n) is 6.48. The van der Waals surface area contributed by atoms with Crippen molar-refractivity contribution in [3.8, 4) is 10.6 Å². The van der Waals surface area contributed by atoms with Crippen LogP contribution < -0.4 is 5.14 Å². The standard InChI is InChI=1S/C20H21N3O3S2/c1-14(15-8-10-18(11-9-15)28(21,25)26)23(2)19(24)12-17-13-27-20(22-17)16-6-4-3-5-7-16/h3-11,13-14H,12H2,1-2H3,(H2,21,25,26). The topological polar surface area (TPSA) is 93.4 Å². The number of likely N-dealkylation sites (N-methyl/N-ethyl adjacent to an activating group) is 1. The van der Waals surface area contributed by atoms with Crippen molar-refractivity contribution < 1.29 is 13.2 Å². The van der Waals surface area contributed by atoms with Gasteiger partial charge in [0.1, 0.15) is 5.01 Å². The van der Waals surface area contributed by atoms with Crippen molar-refractivity contribution in [3.05, 3.63) is 71.2 Å². The molecule has 0 fully saturated rings. The van der Waals surface area contributed by atoms with E-state index in [4.69, 9.17) is 5.14 Å². The van der Waals surface area contributed by atoms with Crippen LogP contribution in [0.2, 0.25) is 0 Å². The lowest BCUT2D eigenvalue weighted by Gasteiger charge is -2.25. The van der Waals surface area contributed by atoms with Gasteiger partial charge in [0, 0.05) is 18.0 Å². The molecule has 0 aliphatic heterocycles. The smallest absolute Gasteiger partial charge is 0.238 e. The molecule has 1 atom stereocenters. The van der Waals surface area contributed by atoms with Crippen LogP contribution in [-0.4, -0.2) is 31.3 Å². The zero-order valence-electron chi connectivity index (χ0n) is 15.6. The van der Waals surface area contributed by atoms with Crippen molar-refractivity contribution in [3.63, 3.8) is 0 Å². The van der Waals surface area contributed by atoms with Crippen LogP contribution in [0, 0.1) is 0 Å². The minimum absolute atomic E-state index is 0.0494. The third kappa shape index (κ3) is 4.64. The number of aromatic nitrogens is 1. The summed E-state index contributed by atoms with van der Waals surface area (Å²) in [5.74, 6) is -0.0621. The van der Waals surface area contributed by atoms with Crippen LogP contribution >= 0.6 is 11.3 Å². The number of carbonyl (C=O) groups excluding carboxylic acids is 1. The van der Waals surface area contributed by atoms with E-state index in [-0.39, 0.29) is 23.3 Å². The Balaban J connectivity index is 1.68. The van der Waals surface area contributed by atoms with E-state index in [1.807, 2.05) is 42.6 Å². The van der Waals surface area contributed by atoms with E-state index < -0.39 is 10.0 Å². The molecule has 1 amide bonds. The zero-order chi connectivity index (χ0) is 20.3. The molecule has 0 aliphatic carbocycles. The SMILES string of the molecule is CC(c1ccc(S(N)(=O)=O)cc1)N(C)C(=O)Cc1csc(-c2ccccc2)n1. The minimum Gasteiger partial charge on any atom is -0.339 e. The highest BCUT2D eigenvalue weighted by Gasteiger charge is 2.19. The number of sulfonamides is 1. The summed E-state index contributed by atoms with van der Waals surface area (Å²) in [5.41, 5.74) is 2.59. The lowest BCUT2D eigenvalue weighted by Crippen LogP contribution is -2.31. The summed E-state index contributed by atoms with van der Waals surface area (Å²) in [7, 11) is -2.00. The maximum Gasteiger partial charge on any atom is 0.238 e. The zero-order valence-corrected chi connectivity index (χ0v) is 17.2. The molecule has 0 bridgehead atoms. The van der Waals surface area contributed by atoms with E-state index in [0.29, 0.717) is 0 Å². The fourth-order valence-corrected chi connectivity index (χ4v) is 4.10. The lowest BCUT2D eigenvalue weighted by molar-refractivity contribution is -0.131. The normalized spacial score (nSPS) is 12.5. The Morgan fingerprint density at radius 3 is 2.39 bits per heavy atom. The highest BCUT2D eigenvalue weighted by atomic mass is 32.2. The molecule has 3 rings (SSSR count). The average Bonchev–Trinajstić information content (AvgIpc) is 3.15. The Kier molecular flexibility index (Phi) is 5.93. The van der Waals surface area contributed by atoms with Crippen LogP contribution in [0.25, 0.3) is 10.6 Å². The summed E-state index contributed by atoms with van der Waals surface area (Å²) in [6, 6.07) is 15.9. The number of hydrogen-bond acceptors (Lipinski definition) is 5. The van der Waals surface area contributed by atoms with Crippen molar-refractivity contribution in [1.82, 2.24) is 9.88 Å². The Morgan fingerprint density at radius 1 is 1.14 bits per heavy atom. The first kappa shape index (κ1) is 20.2. The number of amides is 1. The van der Waals surface area contributed by atoms with Crippen molar-refractivity contribution in [1.29, 1.82) is 0 Å². The van der Waals surface area contributed by atoms with Gasteiger partial charge >= 0.3 is 0 Å². The number of benzene rings is 2. The van der Waals surface area contributed by atoms with Gasteiger partial charge < -0.3 is 4.90 Å². The molecular weight excluding hydrogens is 394 g/mol. The molecule has 1 aromatic heterocycles. The summed E-state index contributed by atoms with van der Waals surface area (Å²) >= 11 is 1.51. The van der Waals surface area contributed by atoms with Gasteiger partial charge in [-0.2, -0.15) is 0 Å². The molecule has 1 unspecified atom stereocenters. The lowest BCUT2D eigenvalue weighted by atomic mass is 10.1. The molecule has 1 heterocycles. The Hall–Kier alpha value is -2.55. The van der Waals surface area contributed by atoms with Gasteiger partial charge in [0.2, 0.25) is 15.9 Å². The number of carbonyl (C=O) groups is 1. The van der Waals surface area contributed by atoms with Crippen LogP contribution in [0.4, 0.5) is 0 Å². The molecule has 28 heavy (non-hydrogen) atoms. The number of primary sulfonamides is 1. The largest absolute Gasteiger partial charge is 0.339 e. The summed E-state index contributed by atoms with van der Waals surface area (Å²) in [6.07, 6.45) is 0.208. The molecule has 0 radical (unpaired) electrons. The van der Waals surface area contributed by atoms with Gasteiger partial charge in [-0.15, -0.1) is 11.3 Å². The van der Waals surface area contributed by atoms with E-state index in [9.17, 15) is 13.2 Å². The van der Waals surface area contributed by atoms with E-state index in [1.54, 1.807) is 24.1 Å². The van der Waals surface area contributed by atoms with Crippen LogP contribution in [-0.2, 0) is 21.2 Å². The molecule has 0 saturated heterocycles. The Morgan fingerprint density at radius 2 is 1.79 bits per heavy atom. The molecule has 0 saturated carbocycles. The van der Waals surface area contributed by atoms with E-state index >= 15 is 0 Å². The molecule has 3 aromatic rings. The highest BCUT2D eigenvalue weighted by Crippen LogP contribution is 2.25. The number of nitrogens with zero attached hydrogens (tertiary/aromatic N) is 2. The van der Waals surface area contributed by atoms with Crippen molar-refractivity contribution in [2.45, 2.75) is 24.3 Å². The molecule has 8 heteroatoms. The second kappa shape index (κ2) is 8.22. The summed E-state index contributed by atoms with van der Waals surface area (Å²) in [5, 5.41) is 7.91. The quantitative estimate of drug-likeness (QED) is 0.669. The second-order valence-corrected chi connectivity index (χ2v) is 8.90. The van der Waals surface area contributed by atoms with E-state index in [0.717, 1.165) is 21.8 Å². The summed E-state index contributed by atoms with van der Waals surface area (Å²) in [4.78, 5) is 18.9. The number of thiazole rings is 1. The predicted octanol–water partition coefficient (Wildman–Crippen LogP) is 3.22. The number of hydrogen-bond donors (Lipinski definition) is 1. The molecule has 2 aromatic carbocycles. The monoisotopic (exact) mass is 415 g/mol. The summed E-state index contributed by atoms with van der Waals surface area (Å²) in [6.45, 7) is 1.89. The van der Waals surface area contributed by atoms with Crippen LogP contribution in [0.3, 0.4) is 0 Å². The van der Waals surface area contributed by atoms with Gasteiger partial charge in [-0.3, -0.25) is 4.79 Å².